The van der Waals surface area contributed by atoms with E-state index in [4.69, 9.17) is 0 Å². The Morgan fingerprint density at radius 3 is 2.60 bits per heavy atom. The van der Waals surface area contributed by atoms with E-state index < -0.39 is 0 Å². The summed E-state index contributed by atoms with van der Waals surface area (Å²) in [6.45, 7) is 3.45. The van der Waals surface area contributed by atoms with Crippen LogP contribution < -0.4 is 5.32 Å². The molecule has 1 saturated heterocycles. The maximum Gasteiger partial charge on any atom is 0.0555 e. The molecular formula is C12H24N2O. The summed E-state index contributed by atoms with van der Waals surface area (Å²) < 4.78 is 0. The number of hydrogen-bond acceptors (Lipinski definition) is 3. The van der Waals surface area contributed by atoms with E-state index in [9.17, 15) is 5.11 Å². The van der Waals surface area contributed by atoms with E-state index in [1.165, 1.54) is 19.3 Å². The molecule has 2 rings (SSSR count). The molecule has 0 spiro atoms. The SMILES string of the molecule is CC1CC(NC2CCCC(O)C2)CN1C. The van der Waals surface area contributed by atoms with Gasteiger partial charge in [-0.15, -0.1) is 0 Å². The highest BCUT2D eigenvalue weighted by Crippen LogP contribution is 2.21. The molecule has 4 unspecified atom stereocenters. The Bertz CT molecular complexity index is 197. The molecule has 0 radical (unpaired) electrons. The van der Waals surface area contributed by atoms with Crippen molar-refractivity contribution in [2.45, 2.75) is 63.3 Å². The van der Waals surface area contributed by atoms with Crippen molar-refractivity contribution >= 4 is 0 Å². The van der Waals surface area contributed by atoms with Gasteiger partial charge in [-0.05, 0) is 46.1 Å². The van der Waals surface area contributed by atoms with E-state index in [1.54, 1.807) is 0 Å². The number of likely N-dealkylation sites (N-methyl/N-ethyl adjacent to an activating group) is 1. The van der Waals surface area contributed by atoms with Crippen LogP contribution >= 0.6 is 0 Å². The Kier molecular flexibility index (Phi) is 3.65. The van der Waals surface area contributed by atoms with Crippen LogP contribution in [0.1, 0.15) is 39.0 Å². The van der Waals surface area contributed by atoms with Gasteiger partial charge in [-0.1, -0.05) is 0 Å². The molecule has 4 atom stereocenters. The number of hydrogen-bond donors (Lipinski definition) is 2. The van der Waals surface area contributed by atoms with Crippen molar-refractivity contribution in [2.24, 2.45) is 0 Å². The highest BCUT2D eigenvalue weighted by atomic mass is 16.3. The van der Waals surface area contributed by atoms with Crippen molar-refractivity contribution in [1.29, 1.82) is 0 Å². The number of aliphatic hydroxyl groups excluding tert-OH is 1. The molecule has 2 N–H and O–H groups in total. The standard InChI is InChI=1S/C12H24N2O/c1-9-6-11(8-14(9)2)13-10-4-3-5-12(15)7-10/h9-13,15H,3-8H2,1-2H3. The van der Waals surface area contributed by atoms with Crippen molar-refractivity contribution in [3.63, 3.8) is 0 Å². The molecule has 2 fully saturated rings. The second-order valence-electron chi connectivity index (χ2n) is 5.41. The van der Waals surface area contributed by atoms with Gasteiger partial charge in [0.2, 0.25) is 0 Å². The molecule has 0 bridgehead atoms. The molecule has 1 aliphatic heterocycles. The summed E-state index contributed by atoms with van der Waals surface area (Å²) >= 11 is 0. The summed E-state index contributed by atoms with van der Waals surface area (Å²) in [5, 5.41) is 13.3. The zero-order valence-electron chi connectivity index (χ0n) is 9.95. The first kappa shape index (κ1) is 11.4. The van der Waals surface area contributed by atoms with E-state index in [0.717, 1.165) is 19.4 Å². The average Bonchev–Trinajstić information content (AvgIpc) is 2.45. The predicted octanol–water partition coefficient (Wildman–Crippen LogP) is 0.972. The van der Waals surface area contributed by atoms with Crippen LogP contribution in [0, 0.1) is 0 Å². The lowest BCUT2D eigenvalue weighted by Crippen LogP contribution is -2.43. The van der Waals surface area contributed by atoms with Gasteiger partial charge in [0.25, 0.3) is 0 Å². The highest BCUT2D eigenvalue weighted by Gasteiger charge is 2.29. The van der Waals surface area contributed by atoms with Crippen LogP contribution in [-0.4, -0.2) is 47.8 Å². The lowest BCUT2D eigenvalue weighted by atomic mass is 9.92. The van der Waals surface area contributed by atoms with E-state index in [2.05, 4.69) is 24.2 Å². The third-order valence-corrected chi connectivity index (χ3v) is 4.00. The van der Waals surface area contributed by atoms with Gasteiger partial charge < -0.3 is 15.3 Å². The monoisotopic (exact) mass is 212 g/mol. The first-order valence-corrected chi connectivity index (χ1v) is 6.29. The van der Waals surface area contributed by atoms with Crippen LogP contribution in [-0.2, 0) is 0 Å². The second-order valence-corrected chi connectivity index (χ2v) is 5.41. The van der Waals surface area contributed by atoms with Gasteiger partial charge in [0, 0.05) is 24.7 Å². The van der Waals surface area contributed by atoms with Gasteiger partial charge in [-0.25, -0.2) is 0 Å². The molecule has 1 heterocycles. The third-order valence-electron chi connectivity index (χ3n) is 4.00. The molecule has 1 saturated carbocycles. The molecular weight excluding hydrogens is 188 g/mol. The Morgan fingerprint density at radius 1 is 1.20 bits per heavy atom. The Labute approximate surface area is 92.8 Å². The van der Waals surface area contributed by atoms with Crippen LogP contribution in [0.15, 0.2) is 0 Å². The summed E-state index contributed by atoms with van der Waals surface area (Å²) in [6, 6.07) is 1.90. The van der Waals surface area contributed by atoms with Crippen LogP contribution in [0.5, 0.6) is 0 Å². The number of nitrogens with one attached hydrogen (secondary N) is 1. The summed E-state index contributed by atoms with van der Waals surface area (Å²) in [4.78, 5) is 2.41. The lowest BCUT2D eigenvalue weighted by Gasteiger charge is -2.29. The van der Waals surface area contributed by atoms with Gasteiger partial charge in [-0.3, -0.25) is 0 Å². The van der Waals surface area contributed by atoms with E-state index in [1.807, 2.05) is 0 Å². The van der Waals surface area contributed by atoms with Crippen LogP contribution in [0.2, 0.25) is 0 Å². The smallest absolute Gasteiger partial charge is 0.0555 e. The molecule has 3 heteroatoms. The molecule has 3 nitrogen and oxygen atoms in total. The summed E-state index contributed by atoms with van der Waals surface area (Å²) in [5.74, 6) is 0. The summed E-state index contributed by atoms with van der Waals surface area (Å²) in [7, 11) is 2.20. The number of nitrogens with zero attached hydrogens (tertiary/aromatic N) is 1. The minimum Gasteiger partial charge on any atom is -0.393 e. The van der Waals surface area contributed by atoms with E-state index in [-0.39, 0.29) is 6.10 Å². The second kappa shape index (κ2) is 4.81. The Balaban J connectivity index is 1.77. The van der Waals surface area contributed by atoms with Gasteiger partial charge in [0.05, 0.1) is 6.10 Å². The highest BCUT2D eigenvalue weighted by molar-refractivity contribution is 4.88. The molecule has 15 heavy (non-hydrogen) atoms. The fourth-order valence-electron chi connectivity index (χ4n) is 2.96. The molecule has 2 aliphatic rings. The maximum atomic E-state index is 9.61. The lowest BCUT2D eigenvalue weighted by molar-refractivity contribution is 0.109. The number of aliphatic hydroxyl groups is 1. The van der Waals surface area contributed by atoms with Gasteiger partial charge >= 0.3 is 0 Å². The zero-order valence-corrected chi connectivity index (χ0v) is 9.95. The van der Waals surface area contributed by atoms with Crippen LogP contribution in [0.4, 0.5) is 0 Å². The molecule has 0 aromatic rings. The maximum absolute atomic E-state index is 9.61. The predicted molar refractivity (Wildman–Crippen MR) is 61.9 cm³/mol. The fraction of sp³-hybridized carbons (Fsp3) is 1.00. The quantitative estimate of drug-likeness (QED) is 0.716. The molecule has 0 amide bonds. The molecule has 88 valence electrons. The zero-order chi connectivity index (χ0) is 10.8. The molecule has 0 aromatic carbocycles. The first-order chi connectivity index (χ1) is 7.15. The summed E-state index contributed by atoms with van der Waals surface area (Å²) in [6.07, 6.45) is 5.56. The van der Waals surface area contributed by atoms with Gasteiger partial charge in [0.15, 0.2) is 0 Å². The summed E-state index contributed by atoms with van der Waals surface area (Å²) in [5.41, 5.74) is 0. The van der Waals surface area contributed by atoms with Crippen molar-refractivity contribution < 1.29 is 5.11 Å². The third kappa shape index (κ3) is 2.92. The normalized spacial score (nSPS) is 43.4. The Morgan fingerprint density at radius 2 is 2.00 bits per heavy atom. The van der Waals surface area contributed by atoms with E-state index >= 15 is 0 Å². The fourth-order valence-corrected chi connectivity index (χ4v) is 2.96. The Hall–Kier alpha value is -0.120. The van der Waals surface area contributed by atoms with Gasteiger partial charge in [-0.2, -0.15) is 0 Å². The largest absolute Gasteiger partial charge is 0.393 e. The van der Waals surface area contributed by atoms with Gasteiger partial charge in [0.1, 0.15) is 0 Å². The van der Waals surface area contributed by atoms with Crippen molar-refractivity contribution in [2.75, 3.05) is 13.6 Å². The van der Waals surface area contributed by atoms with E-state index in [0.29, 0.717) is 18.1 Å². The van der Waals surface area contributed by atoms with Crippen molar-refractivity contribution in [3.8, 4) is 0 Å². The molecule has 1 aliphatic carbocycles. The first-order valence-electron chi connectivity index (χ1n) is 6.29. The number of rotatable bonds is 2. The number of likely N-dealkylation sites (tertiary alicyclic amines) is 1. The van der Waals surface area contributed by atoms with Crippen molar-refractivity contribution in [3.05, 3.63) is 0 Å². The van der Waals surface area contributed by atoms with Crippen molar-refractivity contribution in [1.82, 2.24) is 10.2 Å². The minimum atomic E-state index is -0.0622. The molecule has 0 aromatic heterocycles. The average molecular weight is 212 g/mol. The van der Waals surface area contributed by atoms with Crippen LogP contribution in [0.3, 0.4) is 0 Å². The topological polar surface area (TPSA) is 35.5 Å². The van der Waals surface area contributed by atoms with Crippen LogP contribution in [0.25, 0.3) is 0 Å². The minimum absolute atomic E-state index is 0.0622.